The van der Waals surface area contributed by atoms with Crippen LogP contribution in [-0.4, -0.2) is 105 Å². The SMILES string of the molecule is CC(C)CN(C[C@@H](O)[C@H](Cc1ccccc1)NC(=O)[C@@H](NC(=O)CNCc1cccc(F)c1)C(C)(C)C)S(=O)(=O)c1ccc2nc(NCCCN(C)C)sc2c1. The van der Waals surface area contributed by atoms with Crippen LogP contribution in [0, 0.1) is 17.2 Å². The molecule has 0 saturated carbocycles. The zero-order chi connectivity index (χ0) is 41.0. The molecule has 5 N–H and O–H groups in total. The number of aromatic nitrogens is 1. The summed E-state index contributed by atoms with van der Waals surface area (Å²) in [7, 11) is -0.0579. The van der Waals surface area contributed by atoms with E-state index in [1.165, 1.54) is 27.8 Å². The van der Waals surface area contributed by atoms with Gasteiger partial charge in [0.15, 0.2) is 5.13 Å². The Bertz CT molecular complexity index is 1990. The van der Waals surface area contributed by atoms with Crippen molar-refractivity contribution in [2.24, 2.45) is 11.3 Å². The molecule has 0 aliphatic carbocycles. The summed E-state index contributed by atoms with van der Waals surface area (Å²) in [5, 5.41) is 24.7. The van der Waals surface area contributed by atoms with Gasteiger partial charge in [0.05, 0.1) is 33.8 Å². The monoisotopic (exact) mass is 811 g/mol. The number of aliphatic hydroxyl groups excluding tert-OH is 1. The molecule has 4 aromatic rings. The van der Waals surface area contributed by atoms with E-state index in [9.17, 15) is 27.5 Å². The summed E-state index contributed by atoms with van der Waals surface area (Å²) in [4.78, 5) is 33.9. The summed E-state index contributed by atoms with van der Waals surface area (Å²) in [5.74, 6) is -1.40. The molecule has 0 bridgehead atoms. The minimum Gasteiger partial charge on any atom is -0.390 e. The van der Waals surface area contributed by atoms with Crippen LogP contribution >= 0.6 is 11.3 Å². The Balaban J connectivity index is 1.52. The molecule has 1 aromatic heterocycles. The van der Waals surface area contributed by atoms with Crippen molar-refractivity contribution in [2.75, 3.05) is 52.1 Å². The standard InChI is InChI=1S/C41H58FN7O5S2/c1-28(2)26-49(56(53,54)32-17-18-33-36(23-32)55-40(46-33)44-19-12-20-48(6)7)27-35(50)34(22-29-13-9-8-10-14-29)45-39(52)38(41(3,4)5)47-37(51)25-43-24-30-15-11-16-31(42)21-30/h8-11,13-18,21,23,28,34-35,38,43,50H,12,19-20,22,24-27H2,1-7H3,(H,44,46)(H,45,52)(H,47,51)/t34-,35+,38+/m0/s1. The number of carbonyl (C=O) groups is 2. The highest BCUT2D eigenvalue weighted by molar-refractivity contribution is 7.89. The molecule has 0 radical (unpaired) electrons. The molecule has 0 aliphatic rings. The van der Waals surface area contributed by atoms with Crippen LogP contribution in [0.15, 0.2) is 77.7 Å². The molecule has 0 fully saturated rings. The van der Waals surface area contributed by atoms with Crippen molar-refractivity contribution in [2.45, 2.75) is 77.1 Å². The molecular weight excluding hydrogens is 754 g/mol. The van der Waals surface area contributed by atoms with Crippen LogP contribution in [0.25, 0.3) is 10.2 Å². The summed E-state index contributed by atoms with van der Waals surface area (Å²) in [6, 6.07) is 18.3. The number of aliphatic hydroxyl groups is 1. The number of sulfonamides is 1. The van der Waals surface area contributed by atoms with E-state index in [0.29, 0.717) is 16.2 Å². The molecule has 0 unspecified atom stereocenters. The van der Waals surface area contributed by atoms with Gasteiger partial charge in [-0.1, -0.05) is 88.4 Å². The molecule has 0 spiro atoms. The van der Waals surface area contributed by atoms with E-state index < -0.39 is 45.4 Å². The van der Waals surface area contributed by atoms with E-state index in [0.717, 1.165) is 29.8 Å². The number of fused-ring (bicyclic) bond motifs is 1. The molecule has 4 rings (SSSR count). The summed E-state index contributed by atoms with van der Waals surface area (Å²) >= 11 is 1.39. The number of halogens is 1. The van der Waals surface area contributed by atoms with Gasteiger partial charge in [0, 0.05) is 26.2 Å². The molecule has 3 atom stereocenters. The van der Waals surface area contributed by atoms with Crippen molar-refractivity contribution in [3.8, 4) is 0 Å². The van der Waals surface area contributed by atoms with Gasteiger partial charge in [-0.25, -0.2) is 17.8 Å². The fourth-order valence-electron chi connectivity index (χ4n) is 6.17. The predicted molar refractivity (Wildman–Crippen MR) is 222 cm³/mol. The highest BCUT2D eigenvalue weighted by Gasteiger charge is 2.36. The zero-order valence-corrected chi connectivity index (χ0v) is 35.1. The van der Waals surface area contributed by atoms with Crippen LogP contribution in [0.3, 0.4) is 0 Å². The van der Waals surface area contributed by atoms with Gasteiger partial charge in [-0.2, -0.15) is 4.31 Å². The van der Waals surface area contributed by atoms with Crippen molar-refractivity contribution in [3.05, 3.63) is 89.7 Å². The van der Waals surface area contributed by atoms with Gasteiger partial charge in [0.25, 0.3) is 0 Å². The van der Waals surface area contributed by atoms with Gasteiger partial charge in [-0.05, 0) is 86.3 Å². The molecule has 306 valence electrons. The molecule has 2 amide bonds. The average Bonchev–Trinajstić information content (AvgIpc) is 3.54. The number of thiazole rings is 1. The Morgan fingerprint density at radius 1 is 0.946 bits per heavy atom. The first-order chi connectivity index (χ1) is 26.4. The van der Waals surface area contributed by atoms with E-state index >= 15 is 0 Å². The van der Waals surface area contributed by atoms with Crippen LogP contribution in [-0.2, 0) is 32.6 Å². The van der Waals surface area contributed by atoms with Crippen molar-refractivity contribution < 1.29 is 27.5 Å². The summed E-state index contributed by atoms with van der Waals surface area (Å²) < 4.78 is 44.2. The quantitative estimate of drug-likeness (QED) is 0.0743. The van der Waals surface area contributed by atoms with Gasteiger partial charge in [0.1, 0.15) is 11.9 Å². The third kappa shape index (κ3) is 13.6. The van der Waals surface area contributed by atoms with Gasteiger partial charge in [-0.15, -0.1) is 0 Å². The molecule has 0 aliphatic heterocycles. The Hall–Kier alpha value is -3.99. The first kappa shape index (κ1) is 44.7. The lowest BCUT2D eigenvalue weighted by Crippen LogP contribution is -2.59. The summed E-state index contributed by atoms with van der Waals surface area (Å²) in [6.45, 7) is 10.9. The summed E-state index contributed by atoms with van der Waals surface area (Å²) in [5.41, 5.74) is 1.46. The second-order valence-corrected chi connectivity index (χ2v) is 18.9. The Labute approximate surface area is 335 Å². The molecule has 3 aromatic carbocycles. The highest BCUT2D eigenvalue weighted by atomic mass is 32.2. The second-order valence-electron chi connectivity index (χ2n) is 15.9. The maximum atomic E-state index is 14.3. The number of amides is 2. The lowest BCUT2D eigenvalue weighted by molar-refractivity contribution is -0.132. The van der Waals surface area contributed by atoms with Crippen molar-refractivity contribution in [3.63, 3.8) is 0 Å². The van der Waals surface area contributed by atoms with E-state index in [4.69, 9.17) is 0 Å². The Kier molecular flexibility index (Phi) is 16.3. The first-order valence-electron chi connectivity index (χ1n) is 19.0. The van der Waals surface area contributed by atoms with Crippen LogP contribution in [0.1, 0.15) is 52.2 Å². The van der Waals surface area contributed by atoms with Crippen LogP contribution < -0.4 is 21.3 Å². The number of hydrogen-bond acceptors (Lipinski definition) is 10. The normalized spacial score (nSPS) is 13.9. The molecule has 1 heterocycles. The van der Waals surface area contributed by atoms with Crippen molar-refractivity contribution in [1.82, 2.24) is 30.1 Å². The minimum atomic E-state index is -4.10. The molecule has 12 nitrogen and oxygen atoms in total. The number of carbonyl (C=O) groups excluding carboxylic acids is 2. The first-order valence-corrected chi connectivity index (χ1v) is 21.2. The lowest BCUT2D eigenvalue weighted by atomic mass is 9.85. The number of anilines is 1. The average molecular weight is 812 g/mol. The maximum absolute atomic E-state index is 14.3. The third-order valence-electron chi connectivity index (χ3n) is 9.04. The topological polar surface area (TPSA) is 156 Å². The molecular formula is C41H58FN7O5S2. The van der Waals surface area contributed by atoms with E-state index in [1.54, 1.807) is 30.3 Å². The van der Waals surface area contributed by atoms with Gasteiger partial charge in [0.2, 0.25) is 21.8 Å². The highest BCUT2D eigenvalue weighted by Crippen LogP contribution is 2.30. The fraction of sp³-hybridized carbons (Fsp3) is 0.488. The van der Waals surface area contributed by atoms with E-state index in [1.807, 2.05) is 79.0 Å². The minimum absolute atomic E-state index is 0.0701. The van der Waals surface area contributed by atoms with Crippen LogP contribution in [0.4, 0.5) is 9.52 Å². The van der Waals surface area contributed by atoms with Crippen molar-refractivity contribution >= 4 is 48.5 Å². The van der Waals surface area contributed by atoms with Gasteiger partial charge in [-0.3, -0.25) is 9.59 Å². The smallest absolute Gasteiger partial charge is 0.243 e. The van der Waals surface area contributed by atoms with E-state index in [2.05, 4.69) is 31.2 Å². The summed E-state index contributed by atoms with van der Waals surface area (Å²) in [6.07, 6.45) is -0.175. The zero-order valence-electron chi connectivity index (χ0n) is 33.5. The van der Waals surface area contributed by atoms with Gasteiger partial charge < -0.3 is 31.3 Å². The molecule has 15 heteroatoms. The number of benzene rings is 3. The lowest BCUT2D eigenvalue weighted by Gasteiger charge is -2.34. The van der Waals surface area contributed by atoms with Crippen LogP contribution in [0.2, 0.25) is 0 Å². The molecule has 56 heavy (non-hydrogen) atoms. The van der Waals surface area contributed by atoms with Crippen LogP contribution in [0.5, 0.6) is 0 Å². The Morgan fingerprint density at radius 3 is 2.32 bits per heavy atom. The maximum Gasteiger partial charge on any atom is 0.243 e. The van der Waals surface area contributed by atoms with Crippen molar-refractivity contribution in [1.29, 1.82) is 0 Å². The second kappa shape index (κ2) is 20.4. The molecule has 0 saturated heterocycles. The number of rotatable bonds is 21. The Morgan fingerprint density at radius 2 is 1.66 bits per heavy atom. The third-order valence-corrected chi connectivity index (χ3v) is 11.8. The predicted octanol–water partition coefficient (Wildman–Crippen LogP) is 4.85. The number of hydrogen-bond donors (Lipinski definition) is 5. The number of nitrogens with one attached hydrogen (secondary N) is 4. The number of nitrogens with zero attached hydrogens (tertiary/aromatic N) is 3. The van der Waals surface area contributed by atoms with E-state index in [-0.39, 0.29) is 49.2 Å². The van der Waals surface area contributed by atoms with Gasteiger partial charge >= 0.3 is 0 Å². The fourth-order valence-corrected chi connectivity index (χ4v) is 8.82. The largest absolute Gasteiger partial charge is 0.390 e.